The predicted octanol–water partition coefficient (Wildman–Crippen LogP) is 4.67. The highest BCUT2D eigenvalue weighted by molar-refractivity contribution is 7.86. The molecule has 0 aromatic heterocycles. The lowest BCUT2D eigenvalue weighted by Gasteiger charge is -2.38. The van der Waals surface area contributed by atoms with Gasteiger partial charge in [0.05, 0.1) is 71.8 Å². The molecular weight excluding hydrogens is 524 g/mol. The molecule has 0 aliphatic carbocycles. The van der Waals surface area contributed by atoms with E-state index in [4.69, 9.17) is 9.11 Å². The lowest BCUT2D eigenvalue weighted by atomic mass is 9.97. The summed E-state index contributed by atoms with van der Waals surface area (Å²) < 4.78 is 63.8. The van der Waals surface area contributed by atoms with Gasteiger partial charge in [-0.15, -0.1) is 0 Å². The maximum Gasteiger partial charge on any atom is 0.264 e. The number of nitrogens with zero attached hydrogens (tertiary/aromatic N) is 2. The summed E-state index contributed by atoms with van der Waals surface area (Å²) in [5.41, 5.74) is 1.40. The van der Waals surface area contributed by atoms with Crippen molar-refractivity contribution in [3.63, 3.8) is 0 Å². The van der Waals surface area contributed by atoms with Crippen molar-refractivity contribution in [3.05, 3.63) is 35.9 Å². The van der Waals surface area contributed by atoms with Crippen LogP contribution in [0.4, 0.5) is 0 Å². The standard InChI is InChI=1S/C28H52N2O6S2/c1-29(2,21-13-15-23-37(31,32)33)25-28(26-30(3,4)22-14-16-24-38(34,35)36)20-10-7-5-6-9-17-27-18-11-8-12-19-27/h8,11-12,18-19,28H,5-7,9-10,13-17,20-26H2,1-4H3/p+2. The molecule has 0 unspecified atom stereocenters. The zero-order valence-corrected chi connectivity index (χ0v) is 25.9. The first-order valence-electron chi connectivity index (χ1n) is 14.2. The molecule has 0 aliphatic heterocycles. The van der Waals surface area contributed by atoms with Gasteiger partial charge in [0.2, 0.25) is 0 Å². The van der Waals surface area contributed by atoms with Crippen molar-refractivity contribution in [3.8, 4) is 0 Å². The van der Waals surface area contributed by atoms with Crippen molar-refractivity contribution in [1.82, 2.24) is 0 Å². The van der Waals surface area contributed by atoms with Gasteiger partial charge < -0.3 is 8.97 Å². The van der Waals surface area contributed by atoms with Crippen molar-refractivity contribution < 1.29 is 34.9 Å². The quantitative estimate of drug-likeness (QED) is 0.118. The van der Waals surface area contributed by atoms with E-state index in [0.717, 1.165) is 60.8 Å². The van der Waals surface area contributed by atoms with Crippen LogP contribution >= 0.6 is 0 Å². The highest BCUT2D eigenvalue weighted by Gasteiger charge is 2.28. The normalized spacial score (nSPS) is 13.3. The average Bonchev–Trinajstić information content (AvgIpc) is 2.78. The third-order valence-corrected chi connectivity index (χ3v) is 8.87. The molecule has 0 aliphatic rings. The molecule has 0 fully saturated rings. The first kappa shape index (κ1) is 35.0. The van der Waals surface area contributed by atoms with Gasteiger partial charge >= 0.3 is 0 Å². The molecule has 2 N–H and O–H groups in total. The van der Waals surface area contributed by atoms with Crippen LogP contribution in [-0.2, 0) is 26.7 Å². The zero-order chi connectivity index (χ0) is 28.7. The van der Waals surface area contributed by atoms with E-state index in [9.17, 15) is 16.8 Å². The van der Waals surface area contributed by atoms with E-state index in [2.05, 4.69) is 58.5 Å². The van der Waals surface area contributed by atoms with E-state index in [1.54, 1.807) is 0 Å². The van der Waals surface area contributed by atoms with E-state index in [1.807, 2.05) is 0 Å². The Morgan fingerprint density at radius 2 is 1.08 bits per heavy atom. The van der Waals surface area contributed by atoms with Gasteiger partial charge in [-0.25, -0.2) is 0 Å². The van der Waals surface area contributed by atoms with Crippen LogP contribution in [0, 0.1) is 5.92 Å². The number of benzene rings is 1. The maximum absolute atomic E-state index is 11.0. The molecule has 0 radical (unpaired) electrons. The fourth-order valence-corrected chi connectivity index (χ4v) is 6.54. The van der Waals surface area contributed by atoms with Crippen LogP contribution in [0.1, 0.15) is 69.8 Å². The van der Waals surface area contributed by atoms with Crippen molar-refractivity contribution in [2.45, 2.75) is 70.6 Å². The largest absolute Gasteiger partial charge is 0.328 e. The third-order valence-electron chi connectivity index (χ3n) is 7.26. The fraction of sp³-hybridized carbons (Fsp3) is 0.786. The first-order chi connectivity index (χ1) is 17.6. The SMILES string of the molecule is C[N+](C)(CCCCS(=O)(=O)O)CC(CCCCCCCc1ccccc1)C[N+](C)(C)CCCCS(=O)(=O)O. The summed E-state index contributed by atoms with van der Waals surface area (Å²) in [4.78, 5) is 0. The summed E-state index contributed by atoms with van der Waals surface area (Å²) in [7, 11) is 0.943. The summed E-state index contributed by atoms with van der Waals surface area (Å²) in [6, 6.07) is 10.6. The molecule has 0 heterocycles. The average molecular weight is 579 g/mol. The minimum atomic E-state index is -3.91. The second kappa shape index (κ2) is 16.9. The highest BCUT2D eigenvalue weighted by atomic mass is 32.2. The lowest BCUT2D eigenvalue weighted by Crippen LogP contribution is -2.50. The molecule has 10 heteroatoms. The second-order valence-electron chi connectivity index (χ2n) is 12.3. The van der Waals surface area contributed by atoms with Gasteiger partial charge in [-0.3, -0.25) is 9.11 Å². The van der Waals surface area contributed by atoms with E-state index in [-0.39, 0.29) is 11.5 Å². The summed E-state index contributed by atoms with van der Waals surface area (Å²) in [6.45, 7) is 3.69. The van der Waals surface area contributed by atoms with Gasteiger partial charge in [-0.05, 0) is 50.5 Å². The Kier molecular flexibility index (Phi) is 15.6. The summed E-state index contributed by atoms with van der Waals surface area (Å²) in [5.74, 6) is 0.120. The lowest BCUT2D eigenvalue weighted by molar-refractivity contribution is -0.915. The van der Waals surface area contributed by atoms with Gasteiger partial charge in [0.25, 0.3) is 20.2 Å². The summed E-state index contributed by atoms with van der Waals surface area (Å²) in [6.07, 6.45) is 10.8. The monoisotopic (exact) mass is 578 g/mol. The molecule has 1 aromatic rings. The first-order valence-corrected chi connectivity index (χ1v) is 17.4. The van der Waals surface area contributed by atoms with Gasteiger partial charge in [0.15, 0.2) is 0 Å². The molecule has 0 saturated heterocycles. The molecular formula is C28H54N2O6S2+2. The van der Waals surface area contributed by atoms with Crippen LogP contribution < -0.4 is 0 Å². The topological polar surface area (TPSA) is 109 Å². The minimum Gasteiger partial charge on any atom is -0.328 e. The number of rotatable bonds is 22. The zero-order valence-electron chi connectivity index (χ0n) is 24.2. The molecule has 8 nitrogen and oxygen atoms in total. The molecule has 38 heavy (non-hydrogen) atoms. The smallest absolute Gasteiger partial charge is 0.264 e. The molecule has 1 aromatic carbocycles. The summed E-state index contributed by atoms with van der Waals surface area (Å²) >= 11 is 0. The van der Waals surface area contributed by atoms with E-state index in [0.29, 0.717) is 18.8 Å². The molecule has 0 amide bonds. The van der Waals surface area contributed by atoms with Crippen molar-refractivity contribution in [2.24, 2.45) is 5.92 Å². The highest BCUT2D eigenvalue weighted by Crippen LogP contribution is 2.20. The Morgan fingerprint density at radius 3 is 1.55 bits per heavy atom. The number of aryl methyl sites for hydroxylation is 1. The van der Waals surface area contributed by atoms with Crippen LogP contribution in [0.15, 0.2) is 30.3 Å². The van der Waals surface area contributed by atoms with E-state index in [1.165, 1.54) is 37.7 Å². The molecule has 0 atom stereocenters. The van der Waals surface area contributed by atoms with Gasteiger partial charge in [0, 0.05) is 0 Å². The summed E-state index contributed by atoms with van der Waals surface area (Å²) in [5, 5.41) is 0. The maximum atomic E-state index is 11.0. The van der Waals surface area contributed by atoms with Crippen LogP contribution in [-0.4, -0.2) is 101 Å². The third kappa shape index (κ3) is 19.9. The second-order valence-corrected chi connectivity index (χ2v) is 15.5. The Morgan fingerprint density at radius 1 is 0.632 bits per heavy atom. The van der Waals surface area contributed by atoms with Crippen molar-refractivity contribution in [2.75, 3.05) is 65.9 Å². The molecule has 0 bridgehead atoms. The molecule has 1 rings (SSSR count). The predicted molar refractivity (Wildman–Crippen MR) is 156 cm³/mol. The molecule has 0 spiro atoms. The van der Waals surface area contributed by atoms with E-state index >= 15 is 0 Å². The Balaban J connectivity index is 2.56. The van der Waals surface area contributed by atoms with Gasteiger partial charge in [-0.2, -0.15) is 16.8 Å². The Hall–Kier alpha value is -1.04. The number of unbranched alkanes of at least 4 members (excludes halogenated alkanes) is 6. The Labute approximate surface area is 233 Å². The van der Waals surface area contributed by atoms with Crippen LogP contribution in [0.2, 0.25) is 0 Å². The minimum absolute atomic E-state index is 0.186. The Bertz CT molecular complexity index is 926. The van der Waals surface area contributed by atoms with E-state index < -0.39 is 20.2 Å². The van der Waals surface area contributed by atoms with Gasteiger partial charge in [0.1, 0.15) is 0 Å². The van der Waals surface area contributed by atoms with Crippen molar-refractivity contribution >= 4 is 20.2 Å². The van der Waals surface area contributed by atoms with Crippen molar-refractivity contribution in [1.29, 1.82) is 0 Å². The van der Waals surface area contributed by atoms with Crippen LogP contribution in [0.3, 0.4) is 0 Å². The van der Waals surface area contributed by atoms with Crippen LogP contribution in [0.5, 0.6) is 0 Å². The van der Waals surface area contributed by atoms with Crippen LogP contribution in [0.25, 0.3) is 0 Å². The number of hydrogen-bond donors (Lipinski definition) is 2. The van der Waals surface area contributed by atoms with Gasteiger partial charge in [-0.1, -0.05) is 56.0 Å². The molecule has 222 valence electrons. The fourth-order valence-electron chi connectivity index (χ4n) is 5.41. The number of quaternary nitrogens is 2. The molecule has 0 saturated carbocycles. The number of hydrogen-bond acceptors (Lipinski definition) is 4.